The second kappa shape index (κ2) is 7.00. The van der Waals surface area contributed by atoms with Gasteiger partial charge in [-0.2, -0.15) is 5.10 Å². The summed E-state index contributed by atoms with van der Waals surface area (Å²) >= 11 is 0. The van der Waals surface area contributed by atoms with Gasteiger partial charge < -0.3 is 9.80 Å². The van der Waals surface area contributed by atoms with Crippen LogP contribution in [0, 0.1) is 0 Å². The highest BCUT2D eigenvalue weighted by molar-refractivity contribution is 5.79. The molecule has 25 heavy (non-hydrogen) atoms. The number of hydrogen-bond acceptors (Lipinski definition) is 3. The Morgan fingerprint density at radius 2 is 1.68 bits per heavy atom. The molecule has 1 fully saturated rings. The average Bonchev–Trinajstić information content (AvgIpc) is 3.06. The maximum atomic E-state index is 12.4. The first-order valence-electron chi connectivity index (χ1n) is 8.95. The highest BCUT2D eigenvalue weighted by Gasteiger charge is 2.19. The molecule has 0 aliphatic carbocycles. The Balaban J connectivity index is 1.64. The van der Waals surface area contributed by atoms with Crippen LogP contribution in [-0.4, -0.2) is 58.7 Å². The predicted molar refractivity (Wildman–Crippen MR) is 100 cm³/mol. The van der Waals surface area contributed by atoms with E-state index in [4.69, 9.17) is 0 Å². The van der Waals surface area contributed by atoms with Gasteiger partial charge in [0.1, 0.15) is 0 Å². The predicted octanol–water partition coefficient (Wildman–Crippen LogP) is 2.49. The van der Waals surface area contributed by atoms with Crippen LogP contribution in [0.3, 0.4) is 0 Å². The zero-order valence-corrected chi connectivity index (χ0v) is 15.7. The lowest BCUT2D eigenvalue weighted by Crippen LogP contribution is -2.47. The van der Waals surface area contributed by atoms with Crippen LogP contribution in [0.15, 0.2) is 36.5 Å². The summed E-state index contributed by atoms with van der Waals surface area (Å²) in [5.74, 6) is 0.218. The van der Waals surface area contributed by atoms with Crippen LogP contribution in [-0.2, 0) is 16.6 Å². The quantitative estimate of drug-likeness (QED) is 0.862. The number of likely N-dealkylation sites (N-methyl/N-ethyl adjacent to an activating group) is 1. The summed E-state index contributed by atoms with van der Waals surface area (Å²) in [6.07, 6.45) is 2.46. The van der Waals surface area contributed by atoms with Gasteiger partial charge in [-0.15, -0.1) is 0 Å². The summed E-state index contributed by atoms with van der Waals surface area (Å²) in [5, 5.41) is 4.66. The van der Waals surface area contributed by atoms with Crippen molar-refractivity contribution >= 4 is 5.91 Å². The van der Waals surface area contributed by atoms with E-state index in [1.54, 1.807) is 0 Å². The summed E-state index contributed by atoms with van der Waals surface area (Å²) in [5.41, 5.74) is 3.18. The van der Waals surface area contributed by atoms with Gasteiger partial charge in [-0.3, -0.25) is 4.79 Å². The summed E-state index contributed by atoms with van der Waals surface area (Å²) in [6, 6.07) is 10.2. The van der Waals surface area contributed by atoms with Gasteiger partial charge in [0, 0.05) is 37.8 Å². The third-order valence-corrected chi connectivity index (χ3v) is 4.77. The molecule has 3 rings (SSSR count). The van der Waals surface area contributed by atoms with Crippen LogP contribution < -0.4 is 0 Å². The number of hydrogen-bond donors (Lipinski definition) is 0. The summed E-state index contributed by atoms with van der Waals surface area (Å²) < 4.78 is 1.90. The van der Waals surface area contributed by atoms with Crippen LogP contribution in [0.1, 0.15) is 32.0 Å². The Hall–Kier alpha value is -2.14. The van der Waals surface area contributed by atoms with E-state index in [1.165, 1.54) is 0 Å². The molecular weight excluding hydrogens is 312 g/mol. The number of nitrogens with zero attached hydrogens (tertiary/aromatic N) is 4. The molecule has 0 unspecified atom stereocenters. The van der Waals surface area contributed by atoms with Gasteiger partial charge >= 0.3 is 0 Å². The Bertz CT molecular complexity index is 719. The van der Waals surface area contributed by atoms with Crippen molar-refractivity contribution in [3.05, 3.63) is 47.8 Å². The van der Waals surface area contributed by atoms with E-state index in [0.29, 0.717) is 6.42 Å². The minimum atomic E-state index is 0.0418. The fraction of sp³-hybridized carbons (Fsp3) is 0.500. The third-order valence-electron chi connectivity index (χ3n) is 4.77. The van der Waals surface area contributed by atoms with Crippen molar-refractivity contribution in [2.75, 3.05) is 33.2 Å². The van der Waals surface area contributed by atoms with Crippen molar-refractivity contribution in [1.29, 1.82) is 0 Å². The molecule has 0 saturated carbocycles. The normalized spacial score (nSPS) is 16.2. The first-order chi connectivity index (χ1) is 11.8. The lowest BCUT2D eigenvalue weighted by Gasteiger charge is -2.32. The Morgan fingerprint density at radius 3 is 2.24 bits per heavy atom. The molecular formula is C20H28N4O. The Morgan fingerprint density at radius 1 is 1.04 bits per heavy atom. The molecule has 0 spiro atoms. The molecule has 0 atom stereocenters. The summed E-state index contributed by atoms with van der Waals surface area (Å²) in [6.45, 7) is 10.1. The molecule has 1 aromatic heterocycles. The number of amides is 1. The zero-order chi connectivity index (χ0) is 18.0. The van der Waals surface area contributed by atoms with E-state index in [9.17, 15) is 4.79 Å². The maximum absolute atomic E-state index is 12.4. The SMILES string of the molecule is CN1CCN(C(=O)Cc2ccc(-n3ccc(C(C)(C)C)n3)cc2)CC1. The molecule has 134 valence electrons. The Labute approximate surface area is 150 Å². The lowest BCUT2D eigenvalue weighted by molar-refractivity contribution is -0.132. The second-order valence-corrected chi connectivity index (χ2v) is 7.92. The molecule has 2 aromatic rings. The maximum Gasteiger partial charge on any atom is 0.227 e. The van der Waals surface area contributed by atoms with Gasteiger partial charge in [0.15, 0.2) is 0 Å². The molecule has 0 bridgehead atoms. The van der Waals surface area contributed by atoms with Crippen molar-refractivity contribution in [3.8, 4) is 5.69 Å². The van der Waals surface area contributed by atoms with Crippen molar-refractivity contribution in [1.82, 2.24) is 19.6 Å². The number of piperazine rings is 1. The van der Waals surface area contributed by atoms with E-state index in [-0.39, 0.29) is 11.3 Å². The van der Waals surface area contributed by atoms with E-state index in [0.717, 1.165) is 43.1 Å². The minimum absolute atomic E-state index is 0.0418. The molecule has 1 aliphatic heterocycles. The van der Waals surface area contributed by atoms with E-state index < -0.39 is 0 Å². The van der Waals surface area contributed by atoms with E-state index >= 15 is 0 Å². The molecule has 1 aromatic carbocycles. The van der Waals surface area contributed by atoms with Gasteiger partial charge in [0.25, 0.3) is 0 Å². The lowest BCUT2D eigenvalue weighted by atomic mass is 9.93. The smallest absolute Gasteiger partial charge is 0.227 e. The molecule has 1 amide bonds. The van der Waals surface area contributed by atoms with Gasteiger partial charge in [-0.1, -0.05) is 32.9 Å². The van der Waals surface area contributed by atoms with Crippen LogP contribution in [0.25, 0.3) is 5.69 Å². The molecule has 2 heterocycles. The van der Waals surface area contributed by atoms with Crippen molar-refractivity contribution in [2.24, 2.45) is 0 Å². The molecule has 0 N–H and O–H groups in total. The van der Waals surface area contributed by atoms with E-state index in [2.05, 4.69) is 43.9 Å². The van der Waals surface area contributed by atoms with Gasteiger partial charge in [0.05, 0.1) is 17.8 Å². The topological polar surface area (TPSA) is 41.4 Å². The fourth-order valence-corrected chi connectivity index (χ4v) is 2.98. The molecule has 1 aliphatic rings. The third kappa shape index (κ3) is 4.28. The van der Waals surface area contributed by atoms with Crippen LogP contribution in [0.4, 0.5) is 0 Å². The van der Waals surface area contributed by atoms with E-state index in [1.807, 2.05) is 40.0 Å². The first kappa shape index (κ1) is 17.7. The fourth-order valence-electron chi connectivity index (χ4n) is 2.98. The highest BCUT2D eigenvalue weighted by atomic mass is 16.2. The van der Waals surface area contributed by atoms with Crippen LogP contribution >= 0.6 is 0 Å². The molecule has 1 saturated heterocycles. The largest absolute Gasteiger partial charge is 0.340 e. The van der Waals surface area contributed by atoms with Crippen LogP contribution in [0.2, 0.25) is 0 Å². The van der Waals surface area contributed by atoms with Crippen molar-refractivity contribution < 1.29 is 4.79 Å². The first-order valence-corrected chi connectivity index (χ1v) is 8.95. The monoisotopic (exact) mass is 340 g/mol. The number of carbonyl (C=O) groups excluding carboxylic acids is 1. The zero-order valence-electron chi connectivity index (χ0n) is 15.7. The van der Waals surface area contributed by atoms with Gasteiger partial charge in [0.2, 0.25) is 5.91 Å². The summed E-state index contributed by atoms with van der Waals surface area (Å²) in [7, 11) is 2.10. The van der Waals surface area contributed by atoms with Crippen molar-refractivity contribution in [2.45, 2.75) is 32.6 Å². The molecule has 5 nitrogen and oxygen atoms in total. The highest BCUT2D eigenvalue weighted by Crippen LogP contribution is 2.21. The number of benzene rings is 1. The standard InChI is InChI=1S/C20H28N4O/c1-20(2,3)18-9-10-24(21-18)17-7-5-16(6-8-17)15-19(25)23-13-11-22(4)12-14-23/h5-10H,11-15H2,1-4H3. The van der Waals surface area contributed by atoms with Gasteiger partial charge in [-0.05, 0) is 30.8 Å². The summed E-state index contributed by atoms with van der Waals surface area (Å²) in [4.78, 5) is 16.7. The van der Waals surface area contributed by atoms with Crippen molar-refractivity contribution in [3.63, 3.8) is 0 Å². The number of rotatable bonds is 3. The molecule has 5 heteroatoms. The minimum Gasteiger partial charge on any atom is -0.340 e. The second-order valence-electron chi connectivity index (χ2n) is 7.92. The Kier molecular flexibility index (Phi) is 4.95. The molecule has 0 radical (unpaired) electrons. The van der Waals surface area contributed by atoms with Gasteiger partial charge in [-0.25, -0.2) is 4.68 Å². The number of aromatic nitrogens is 2. The average molecular weight is 340 g/mol. The number of carbonyl (C=O) groups is 1. The van der Waals surface area contributed by atoms with Crippen LogP contribution in [0.5, 0.6) is 0 Å².